The van der Waals surface area contributed by atoms with E-state index in [0.29, 0.717) is 35.3 Å². The van der Waals surface area contributed by atoms with Gasteiger partial charge in [0.05, 0.1) is 5.71 Å². The van der Waals surface area contributed by atoms with Crippen molar-refractivity contribution in [3.8, 4) is 0 Å². The lowest BCUT2D eigenvalue weighted by Gasteiger charge is -2.14. The number of hydrogen-bond donors (Lipinski definition) is 1. The molecule has 0 spiro atoms. The molecule has 0 radical (unpaired) electrons. The third-order valence-corrected chi connectivity index (χ3v) is 3.97. The Morgan fingerprint density at radius 3 is 2.90 bits per heavy atom. The lowest BCUT2D eigenvalue weighted by molar-refractivity contribution is 0.287. The standard InChI is InChI=1S/C13H12F2N4OS/c14-8-3-4-9(10(15)6-8)11-7-21-13-17-16-12(2-1-5-20)19(13)18-11/h3-4,6,20H,1-2,5,7H2. The van der Waals surface area contributed by atoms with E-state index in [0.717, 1.165) is 6.07 Å². The van der Waals surface area contributed by atoms with E-state index in [1.165, 1.54) is 23.9 Å². The largest absolute Gasteiger partial charge is 0.396 e. The number of aliphatic hydroxyl groups excluding tert-OH is 1. The van der Waals surface area contributed by atoms with Crippen LogP contribution < -0.4 is 0 Å². The molecule has 0 fully saturated rings. The van der Waals surface area contributed by atoms with E-state index in [1.807, 2.05) is 0 Å². The Morgan fingerprint density at radius 2 is 2.14 bits per heavy atom. The van der Waals surface area contributed by atoms with E-state index < -0.39 is 11.6 Å². The zero-order valence-electron chi connectivity index (χ0n) is 11.0. The molecule has 3 rings (SSSR count). The van der Waals surface area contributed by atoms with Crippen LogP contribution >= 0.6 is 11.8 Å². The van der Waals surface area contributed by atoms with Crippen molar-refractivity contribution < 1.29 is 13.9 Å². The average Bonchev–Trinajstić information content (AvgIpc) is 2.87. The van der Waals surface area contributed by atoms with Gasteiger partial charge in [0.25, 0.3) is 0 Å². The van der Waals surface area contributed by atoms with Gasteiger partial charge in [-0.3, -0.25) is 0 Å². The molecule has 0 aliphatic carbocycles. The summed E-state index contributed by atoms with van der Waals surface area (Å²) in [6.07, 6.45) is 1.09. The number of hydrogen-bond acceptors (Lipinski definition) is 5. The predicted molar refractivity (Wildman–Crippen MR) is 74.4 cm³/mol. The molecule has 0 saturated heterocycles. The van der Waals surface area contributed by atoms with E-state index in [1.54, 1.807) is 4.68 Å². The molecule has 0 saturated carbocycles. The number of nitrogens with zero attached hydrogens (tertiary/aromatic N) is 4. The fraction of sp³-hybridized carbons (Fsp3) is 0.308. The number of thioether (sulfide) groups is 1. The number of aliphatic hydroxyl groups is 1. The lowest BCUT2D eigenvalue weighted by Crippen LogP contribution is -2.16. The van der Waals surface area contributed by atoms with Crippen molar-refractivity contribution in [1.82, 2.24) is 14.9 Å². The normalized spacial score (nSPS) is 14.0. The molecule has 0 atom stereocenters. The number of aryl methyl sites for hydroxylation is 1. The van der Waals surface area contributed by atoms with Crippen LogP contribution in [0.4, 0.5) is 8.78 Å². The Kier molecular flexibility index (Phi) is 3.98. The lowest BCUT2D eigenvalue weighted by atomic mass is 10.1. The van der Waals surface area contributed by atoms with Gasteiger partial charge in [-0.1, -0.05) is 11.8 Å². The highest BCUT2D eigenvalue weighted by molar-refractivity contribution is 7.99. The van der Waals surface area contributed by atoms with Gasteiger partial charge >= 0.3 is 0 Å². The summed E-state index contributed by atoms with van der Waals surface area (Å²) in [5.41, 5.74) is 0.784. The van der Waals surface area contributed by atoms with Crippen LogP contribution in [-0.4, -0.2) is 38.1 Å². The molecule has 1 aromatic carbocycles. The highest BCUT2D eigenvalue weighted by Crippen LogP contribution is 2.25. The van der Waals surface area contributed by atoms with E-state index >= 15 is 0 Å². The van der Waals surface area contributed by atoms with Crippen molar-refractivity contribution >= 4 is 17.5 Å². The maximum atomic E-state index is 13.8. The molecular formula is C13H12F2N4OS. The SMILES string of the molecule is OCCCc1nnc2n1N=C(c1ccc(F)cc1F)CS2. The van der Waals surface area contributed by atoms with Crippen molar-refractivity contribution in [1.29, 1.82) is 0 Å². The molecule has 0 unspecified atom stereocenters. The maximum absolute atomic E-state index is 13.8. The number of benzene rings is 1. The van der Waals surface area contributed by atoms with Crippen LogP contribution in [0.2, 0.25) is 0 Å². The Balaban J connectivity index is 1.97. The van der Waals surface area contributed by atoms with Gasteiger partial charge in [0.15, 0.2) is 5.82 Å². The second kappa shape index (κ2) is 5.90. The summed E-state index contributed by atoms with van der Waals surface area (Å²) in [5.74, 6) is -0.191. The average molecular weight is 310 g/mol. The van der Waals surface area contributed by atoms with Crippen LogP contribution in [0.3, 0.4) is 0 Å². The summed E-state index contributed by atoms with van der Waals surface area (Å²) in [4.78, 5) is 0. The van der Waals surface area contributed by atoms with E-state index in [9.17, 15) is 8.78 Å². The van der Waals surface area contributed by atoms with E-state index in [-0.39, 0.29) is 12.2 Å². The van der Waals surface area contributed by atoms with Gasteiger partial charge in [0, 0.05) is 30.4 Å². The monoisotopic (exact) mass is 310 g/mol. The predicted octanol–water partition coefficient (Wildman–Crippen LogP) is 1.84. The molecule has 21 heavy (non-hydrogen) atoms. The van der Waals surface area contributed by atoms with Crippen LogP contribution in [0.5, 0.6) is 0 Å². The second-order valence-corrected chi connectivity index (χ2v) is 5.44. The first-order chi connectivity index (χ1) is 10.2. The first-order valence-electron chi connectivity index (χ1n) is 6.40. The minimum absolute atomic E-state index is 0.0541. The van der Waals surface area contributed by atoms with Crippen molar-refractivity contribution in [2.45, 2.75) is 18.0 Å². The number of aromatic nitrogens is 3. The first-order valence-corrected chi connectivity index (χ1v) is 7.39. The summed E-state index contributed by atoms with van der Waals surface area (Å²) in [5, 5.41) is 21.9. The van der Waals surface area contributed by atoms with Crippen LogP contribution in [0.1, 0.15) is 17.8 Å². The molecule has 5 nitrogen and oxygen atoms in total. The number of fused-ring (bicyclic) bond motifs is 1. The van der Waals surface area contributed by atoms with Gasteiger partial charge in [-0.25, -0.2) is 8.78 Å². The third-order valence-electron chi connectivity index (χ3n) is 3.04. The topological polar surface area (TPSA) is 63.3 Å². The fourth-order valence-electron chi connectivity index (χ4n) is 2.02. The molecule has 1 aliphatic rings. The van der Waals surface area contributed by atoms with Crippen molar-refractivity contribution in [3.63, 3.8) is 0 Å². The number of rotatable bonds is 4. The Morgan fingerprint density at radius 1 is 1.29 bits per heavy atom. The second-order valence-electron chi connectivity index (χ2n) is 4.50. The summed E-state index contributed by atoms with van der Waals surface area (Å²) < 4.78 is 28.4. The Bertz CT molecular complexity index is 701. The van der Waals surface area contributed by atoms with Crippen molar-refractivity contribution in [3.05, 3.63) is 41.2 Å². The van der Waals surface area contributed by atoms with Gasteiger partial charge < -0.3 is 5.11 Å². The minimum atomic E-state index is -0.636. The molecule has 1 aromatic heterocycles. The zero-order chi connectivity index (χ0) is 14.8. The molecule has 0 amide bonds. The van der Waals surface area contributed by atoms with Gasteiger partial charge in [-0.05, 0) is 18.6 Å². The summed E-state index contributed by atoms with van der Waals surface area (Å²) >= 11 is 1.39. The minimum Gasteiger partial charge on any atom is -0.396 e. The highest BCUT2D eigenvalue weighted by Gasteiger charge is 2.21. The molecule has 2 heterocycles. The third kappa shape index (κ3) is 2.81. The fourth-order valence-corrected chi connectivity index (χ4v) is 2.86. The van der Waals surface area contributed by atoms with Crippen LogP contribution in [0.25, 0.3) is 0 Å². The maximum Gasteiger partial charge on any atom is 0.212 e. The van der Waals surface area contributed by atoms with Gasteiger partial charge in [0.1, 0.15) is 11.6 Å². The van der Waals surface area contributed by atoms with Crippen molar-refractivity contribution in [2.24, 2.45) is 5.10 Å². The van der Waals surface area contributed by atoms with Gasteiger partial charge in [-0.2, -0.15) is 9.78 Å². The van der Waals surface area contributed by atoms with Gasteiger partial charge in [-0.15, -0.1) is 10.2 Å². The van der Waals surface area contributed by atoms with Crippen LogP contribution in [-0.2, 0) is 6.42 Å². The summed E-state index contributed by atoms with van der Waals surface area (Å²) in [6, 6.07) is 3.43. The van der Waals surface area contributed by atoms with Crippen LogP contribution in [0, 0.1) is 11.6 Å². The molecule has 0 bridgehead atoms. The first kappa shape index (κ1) is 14.2. The quantitative estimate of drug-likeness (QED) is 0.936. The molecule has 2 aromatic rings. The molecular weight excluding hydrogens is 298 g/mol. The summed E-state index contributed by atoms with van der Waals surface area (Å²) in [6.45, 7) is 0.0541. The summed E-state index contributed by atoms with van der Waals surface area (Å²) in [7, 11) is 0. The van der Waals surface area contributed by atoms with E-state index in [2.05, 4.69) is 15.3 Å². The molecule has 1 aliphatic heterocycles. The molecule has 110 valence electrons. The Labute approximate surface area is 123 Å². The smallest absolute Gasteiger partial charge is 0.212 e. The molecule has 1 N–H and O–H groups in total. The zero-order valence-corrected chi connectivity index (χ0v) is 11.8. The Hall–Kier alpha value is -1.80. The van der Waals surface area contributed by atoms with Gasteiger partial charge in [0.2, 0.25) is 5.16 Å². The van der Waals surface area contributed by atoms with Crippen molar-refractivity contribution in [2.75, 3.05) is 12.4 Å². The molecule has 8 heteroatoms. The highest BCUT2D eigenvalue weighted by atomic mass is 32.2. The van der Waals surface area contributed by atoms with E-state index in [4.69, 9.17) is 5.11 Å². The number of halogens is 2. The van der Waals surface area contributed by atoms with Crippen LogP contribution in [0.15, 0.2) is 28.5 Å².